The monoisotopic (exact) mass is 607 g/mol. The van der Waals surface area contributed by atoms with Crippen LogP contribution in [0.15, 0.2) is 23.9 Å². The Bertz CT molecular complexity index is 816. The average Bonchev–Trinajstić information content (AvgIpc) is 3.01. The second-order valence-electron chi connectivity index (χ2n) is 11.5. The molecule has 0 bridgehead atoms. The molecule has 0 aromatic carbocycles. The number of hydrogen-bond donors (Lipinski definition) is 1. The number of nitrogens with one attached hydrogen (secondary N) is 1. The first-order chi connectivity index (χ1) is 20.9. The third-order valence-corrected chi connectivity index (χ3v) is 7.89. The summed E-state index contributed by atoms with van der Waals surface area (Å²) in [5.41, 5.74) is 0.866. The van der Waals surface area contributed by atoms with Gasteiger partial charge >= 0.3 is 12.2 Å². The maximum Gasteiger partial charge on any atom is 0.416 e. The second-order valence-corrected chi connectivity index (χ2v) is 11.5. The number of nitrogens with zero attached hydrogens (tertiary/aromatic N) is 2. The molecule has 0 fully saturated rings. The highest BCUT2D eigenvalue weighted by molar-refractivity contribution is 5.90. The van der Waals surface area contributed by atoms with Crippen LogP contribution in [0.3, 0.4) is 0 Å². The van der Waals surface area contributed by atoms with Gasteiger partial charge in [-0.1, -0.05) is 115 Å². The van der Waals surface area contributed by atoms with Crippen LogP contribution in [0, 0.1) is 0 Å². The number of likely N-dealkylation sites (N-methyl/N-ethyl adjacent to an activating group) is 1. The number of unbranched alkanes of at least 4 members (excludes halogenated alkanes) is 15. The summed E-state index contributed by atoms with van der Waals surface area (Å²) in [7, 11) is 1.46. The lowest BCUT2D eigenvalue weighted by Crippen LogP contribution is -2.42. The molecule has 1 rings (SSSR count). The van der Waals surface area contributed by atoms with E-state index in [1.54, 1.807) is 0 Å². The van der Waals surface area contributed by atoms with E-state index in [0.29, 0.717) is 6.54 Å². The van der Waals surface area contributed by atoms with Gasteiger partial charge in [0.25, 0.3) is 0 Å². The summed E-state index contributed by atoms with van der Waals surface area (Å²) in [5, 5.41) is 2.77. The molecule has 1 aliphatic rings. The van der Waals surface area contributed by atoms with Gasteiger partial charge in [0.2, 0.25) is 5.91 Å². The predicted octanol–water partition coefficient (Wildman–Crippen LogP) is 7.75. The Morgan fingerprint density at radius 3 is 1.88 bits per heavy atom. The molecule has 0 saturated heterocycles. The summed E-state index contributed by atoms with van der Waals surface area (Å²) >= 11 is 0. The lowest BCUT2D eigenvalue weighted by molar-refractivity contribution is -0.127. The second kappa shape index (κ2) is 25.9. The quantitative estimate of drug-likeness (QED) is 0.106. The number of alkyl carbamates (subject to hydrolysis) is 1. The van der Waals surface area contributed by atoms with Crippen LogP contribution < -0.4 is 5.32 Å². The Morgan fingerprint density at radius 1 is 0.837 bits per heavy atom. The normalized spacial score (nSPS) is 13.4. The number of imide groups is 1. The van der Waals surface area contributed by atoms with Gasteiger partial charge in [0.05, 0.1) is 6.54 Å². The molecule has 1 unspecified atom stereocenters. The van der Waals surface area contributed by atoms with Gasteiger partial charge in [-0.15, -0.1) is 0 Å². The zero-order valence-electron chi connectivity index (χ0n) is 27.7. The highest BCUT2D eigenvalue weighted by atomic mass is 16.6. The summed E-state index contributed by atoms with van der Waals surface area (Å²) < 4.78 is 15.9. The topological polar surface area (TPSA) is 97.4 Å². The molecule has 0 aromatic heterocycles. The fraction of sp³-hybridized carbons (Fsp3) is 0.794. The van der Waals surface area contributed by atoms with Crippen molar-refractivity contribution in [3.63, 3.8) is 0 Å². The van der Waals surface area contributed by atoms with Crippen molar-refractivity contribution in [3.05, 3.63) is 23.9 Å². The standard InChI is InChI=1S/C34H61N3O6/c1-5-7-8-9-10-11-12-13-14-15-16-17-18-19-20-22-25-35-33(39)42-28-32(41-4)29-43-34(40)37(30(3)38)27-31-24-21-23-26-36(31)6-2/h21,23-24,32H,5-20,22,25-29H2,1-4H3,(H,35,39). The van der Waals surface area contributed by atoms with Gasteiger partial charge in [0.1, 0.15) is 19.3 Å². The molecule has 3 amide bonds. The van der Waals surface area contributed by atoms with Gasteiger partial charge in [-0.3, -0.25) is 4.79 Å². The molecular formula is C34H61N3O6. The Morgan fingerprint density at radius 2 is 1.37 bits per heavy atom. The van der Waals surface area contributed by atoms with E-state index in [4.69, 9.17) is 14.2 Å². The molecule has 1 heterocycles. The van der Waals surface area contributed by atoms with Crippen LogP contribution in [0.5, 0.6) is 0 Å². The highest BCUT2D eigenvalue weighted by Crippen LogP contribution is 2.14. The van der Waals surface area contributed by atoms with Crippen LogP contribution in [0.4, 0.5) is 9.59 Å². The summed E-state index contributed by atoms with van der Waals surface area (Å²) in [6, 6.07) is 0. The van der Waals surface area contributed by atoms with Gasteiger partial charge in [-0.05, 0) is 19.4 Å². The number of ether oxygens (including phenoxy) is 3. The van der Waals surface area contributed by atoms with E-state index < -0.39 is 24.2 Å². The van der Waals surface area contributed by atoms with Gasteiger partial charge in [0, 0.05) is 39.4 Å². The van der Waals surface area contributed by atoms with E-state index in [9.17, 15) is 14.4 Å². The number of carbonyl (C=O) groups is 3. The largest absolute Gasteiger partial charge is 0.447 e. The van der Waals surface area contributed by atoms with Crippen LogP contribution in [-0.4, -0.2) is 80.5 Å². The van der Waals surface area contributed by atoms with Crippen molar-refractivity contribution < 1.29 is 28.6 Å². The predicted molar refractivity (Wildman–Crippen MR) is 173 cm³/mol. The number of allylic oxidation sites excluding steroid dienone is 2. The number of carbonyl (C=O) groups excluding carboxylic acids is 3. The van der Waals surface area contributed by atoms with Gasteiger partial charge < -0.3 is 24.4 Å². The van der Waals surface area contributed by atoms with E-state index in [1.165, 1.54) is 104 Å². The van der Waals surface area contributed by atoms with Crippen molar-refractivity contribution in [2.24, 2.45) is 0 Å². The van der Waals surface area contributed by atoms with E-state index in [-0.39, 0.29) is 19.8 Å². The minimum atomic E-state index is -0.756. The first kappa shape index (κ1) is 38.5. The summed E-state index contributed by atoms with van der Waals surface area (Å²) in [5.74, 6) is -0.407. The summed E-state index contributed by atoms with van der Waals surface area (Å²) in [6.45, 7) is 7.61. The maximum atomic E-state index is 12.6. The van der Waals surface area contributed by atoms with Gasteiger partial charge in [-0.25, -0.2) is 14.5 Å². The van der Waals surface area contributed by atoms with Crippen LogP contribution in [0.25, 0.3) is 0 Å². The van der Waals surface area contributed by atoms with Crippen molar-refractivity contribution >= 4 is 18.1 Å². The zero-order chi connectivity index (χ0) is 31.5. The molecular weight excluding hydrogens is 546 g/mol. The molecule has 43 heavy (non-hydrogen) atoms. The maximum absolute atomic E-state index is 12.6. The number of hydrogen-bond acceptors (Lipinski definition) is 7. The first-order valence-corrected chi connectivity index (χ1v) is 16.9. The van der Waals surface area contributed by atoms with Crippen LogP contribution in [0.2, 0.25) is 0 Å². The number of rotatable bonds is 25. The SMILES string of the molecule is CCCCCCCCCCCCCCCCCCNC(=O)OCC(COC(=O)N(CC1=CC=CCN1CC)C(C)=O)OC. The van der Waals surface area contributed by atoms with E-state index in [0.717, 1.165) is 36.5 Å². The van der Waals surface area contributed by atoms with Crippen molar-refractivity contribution in [1.82, 2.24) is 15.1 Å². The van der Waals surface area contributed by atoms with Gasteiger partial charge in [0.15, 0.2) is 0 Å². The highest BCUT2D eigenvalue weighted by Gasteiger charge is 2.24. The Labute approximate surface area is 261 Å². The molecule has 1 N–H and O–H groups in total. The Balaban J connectivity index is 2.07. The minimum Gasteiger partial charge on any atom is -0.447 e. The summed E-state index contributed by atoms with van der Waals surface area (Å²) in [4.78, 5) is 40.0. The molecule has 0 spiro atoms. The van der Waals surface area contributed by atoms with Gasteiger partial charge in [-0.2, -0.15) is 0 Å². The molecule has 248 valence electrons. The molecule has 1 atom stereocenters. The zero-order valence-corrected chi connectivity index (χ0v) is 27.7. The molecule has 0 aliphatic carbocycles. The third-order valence-electron chi connectivity index (χ3n) is 7.89. The smallest absolute Gasteiger partial charge is 0.416 e. The lowest BCUT2D eigenvalue weighted by Gasteiger charge is -2.30. The fourth-order valence-electron chi connectivity index (χ4n) is 5.05. The number of methoxy groups -OCH3 is 1. The van der Waals surface area contributed by atoms with Crippen molar-refractivity contribution in [3.8, 4) is 0 Å². The van der Waals surface area contributed by atoms with Crippen molar-refractivity contribution in [2.45, 2.75) is 130 Å². The van der Waals surface area contributed by atoms with E-state index in [2.05, 4.69) is 17.1 Å². The van der Waals surface area contributed by atoms with E-state index >= 15 is 0 Å². The minimum absolute atomic E-state index is 0.0613. The lowest BCUT2D eigenvalue weighted by atomic mass is 10.0. The van der Waals surface area contributed by atoms with Crippen molar-refractivity contribution in [2.75, 3.05) is 46.5 Å². The molecule has 9 nitrogen and oxygen atoms in total. The average molecular weight is 608 g/mol. The molecule has 0 radical (unpaired) electrons. The fourth-order valence-corrected chi connectivity index (χ4v) is 5.05. The Kier molecular flexibility index (Phi) is 23.2. The summed E-state index contributed by atoms with van der Waals surface area (Å²) in [6.07, 6.45) is 24.9. The van der Waals surface area contributed by atoms with Crippen LogP contribution in [-0.2, 0) is 19.0 Å². The van der Waals surface area contributed by atoms with Crippen molar-refractivity contribution in [1.29, 1.82) is 0 Å². The molecule has 0 aromatic rings. The van der Waals surface area contributed by atoms with E-state index in [1.807, 2.05) is 25.2 Å². The first-order valence-electron chi connectivity index (χ1n) is 16.9. The van der Waals surface area contributed by atoms with Crippen LogP contribution >= 0.6 is 0 Å². The third kappa shape index (κ3) is 19.4. The molecule has 0 saturated carbocycles. The number of amides is 3. The molecule has 9 heteroatoms. The Hall–Kier alpha value is -2.55. The van der Waals surface area contributed by atoms with Crippen LogP contribution in [0.1, 0.15) is 124 Å². The molecule has 1 aliphatic heterocycles.